The predicted octanol–water partition coefficient (Wildman–Crippen LogP) is 5.43. The van der Waals surface area contributed by atoms with Gasteiger partial charge in [0.15, 0.2) is 0 Å². The standard InChI is InChI=1S/C22H40N4O2.2CH4/c27-21(24-19-9-5-2-1-3-6-10-19)23-17-18-13-15-26(16-14-18)22(28)25-20-11-7-4-8-12-20;;/h18-20H,1-17H2,(H,25,28)(H2,23,24,27);2*1H4. The third-order valence-electron chi connectivity index (χ3n) is 6.83. The number of likely N-dealkylation sites (tertiary alicyclic amines) is 1. The molecular formula is C24H48N4O2. The van der Waals surface area contributed by atoms with Crippen LogP contribution in [0.4, 0.5) is 9.59 Å². The van der Waals surface area contributed by atoms with Gasteiger partial charge in [-0.05, 0) is 44.4 Å². The van der Waals surface area contributed by atoms with Gasteiger partial charge < -0.3 is 20.9 Å². The lowest BCUT2D eigenvalue weighted by molar-refractivity contribution is 0.163. The zero-order valence-corrected chi connectivity index (χ0v) is 17.5. The van der Waals surface area contributed by atoms with Gasteiger partial charge in [0, 0.05) is 31.7 Å². The molecule has 3 rings (SSSR count). The second-order valence-corrected chi connectivity index (χ2v) is 9.11. The molecule has 6 heteroatoms. The number of piperidine rings is 1. The summed E-state index contributed by atoms with van der Waals surface area (Å²) in [7, 11) is 0. The molecule has 2 saturated carbocycles. The second-order valence-electron chi connectivity index (χ2n) is 9.11. The number of hydrogen-bond acceptors (Lipinski definition) is 2. The van der Waals surface area contributed by atoms with Crippen molar-refractivity contribution < 1.29 is 9.59 Å². The van der Waals surface area contributed by atoms with Gasteiger partial charge in [0.1, 0.15) is 0 Å². The van der Waals surface area contributed by atoms with Crippen LogP contribution in [0.3, 0.4) is 0 Å². The maximum absolute atomic E-state index is 12.4. The third kappa shape index (κ3) is 9.13. The number of carbonyl (C=O) groups excluding carboxylic acids is 2. The van der Waals surface area contributed by atoms with E-state index in [0.29, 0.717) is 18.0 Å². The molecule has 0 aromatic rings. The van der Waals surface area contributed by atoms with Crippen LogP contribution in [0.15, 0.2) is 0 Å². The largest absolute Gasteiger partial charge is 0.338 e. The maximum atomic E-state index is 12.4. The van der Waals surface area contributed by atoms with Gasteiger partial charge in [0.25, 0.3) is 0 Å². The Morgan fingerprint density at radius 1 is 0.667 bits per heavy atom. The molecule has 6 nitrogen and oxygen atoms in total. The quantitative estimate of drug-likeness (QED) is 0.563. The number of rotatable bonds is 4. The summed E-state index contributed by atoms with van der Waals surface area (Å²) in [5, 5.41) is 9.47. The molecule has 4 amide bonds. The average molecular weight is 425 g/mol. The lowest BCUT2D eigenvalue weighted by Crippen LogP contribution is -2.50. The summed E-state index contributed by atoms with van der Waals surface area (Å²) >= 11 is 0. The molecule has 1 heterocycles. The lowest BCUT2D eigenvalue weighted by Gasteiger charge is -2.34. The smallest absolute Gasteiger partial charge is 0.317 e. The van der Waals surface area contributed by atoms with Gasteiger partial charge in [-0.3, -0.25) is 0 Å². The monoisotopic (exact) mass is 424 g/mol. The van der Waals surface area contributed by atoms with E-state index in [4.69, 9.17) is 0 Å². The number of nitrogens with zero attached hydrogens (tertiary/aromatic N) is 1. The summed E-state index contributed by atoms with van der Waals surface area (Å²) in [6.45, 7) is 2.32. The fourth-order valence-electron chi connectivity index (χ4n) is 4.93. The van der Waals surface area contributed by atoms with E-state index in [2.05, 4.69) is 16.0 Å². The fraction of sp³-hybridized carbons (Fsp3) is 0.917. The van der Waals surface area contributed by atoms with Crippen LogP contribution in [0.25, 0.3) is 0 Å². The van der Waals surface area contributed by atoms with Crippen LogP contribution in [0.2, 0.25) is 0 Å². The molecule has 0 aromatic carbocycles. The SMILES string of the molecule is C.C.O=C(NCC1CCN(C(=O)NC2CCCCC2)CC1)NC1CCCCCCC1. The number of amides is 4. The van der Waals surface area contributed by atoms with Crippen molar-refractivity contribution in [2.75, 3.05) is 19.6 Å². The van der Waals surface area contributed by atoms with Crippen molar-refractivity contribution in [2.24, 2.45) is 5.92 Å². The summed E-state index contributed by atoms with van der Waals surface area (Å²) in [5.41, 5.74) is 0. The van der Waals surface area contributed by atoms with Crippen molar-refractivity contribution in [3.8, 4) is 0 Å². The number of carbonyl (C=O) groups is 2. The molecule has 0 radical (unpaired) electrons. The first kappa shape index (κ1) is 26.6. The lowest BCUT2D eigenvalue weighted by atomic mass is 9.95. The Hall–Kier alpha value is -1.46. The minimum atomic E-state index is -0.0111. The minimum Gasteiger partial charge on any atom is -0.338 e. The average Bonchev–Trinajstić information content (AvgIpc) is 2.69. The van der Waals surface area contributed by atoms with Gasteiger partial charge in [-0.1, -0.05) is 66.2 Å². The highest BCUT2D eigenvalue weighted by Crippen LogP contribution is 2.20. The van der Waals surface area contributed by atoms with Crippen LogP contribution in [-0.4, -0.2) is 48.7 Å². The van der Waals surface area contributed by atoms with Crippen LogP contribution in [0, 0.1) is 5.92 Å². The summed E-state index contributed by atoms with van der Waals surface area (Å²) in [5.74, 6) is 0.474. The molecule has 3 aliphatic rings. The van der Waals surface area contributed by atoms with E-state index in [9.17, 15) is 9.59 Å². The Labute approximate surface area is 185 Å². The Kier molecular flexibility index (Phi) is 12.9. The van der Waals surface area contributed by atoms with E-state index in [1.807, 2.05) is 4.90 Å². The molecule has 2 aliphatic carbocycles. The molecular weight excluding hydrogens is 376 g/mol. The van der Waals surface area contributed by atoms with Gasteiger partial charge in [0.05, 0.1) is 0 Å². The third-order valence-corrected chi connectivity index (χ3v) is 6.83. The van der Waals surface area contributed by atoms with Crippen LogP contribution in [0.5, 0.6) is 0 Å². The Morgan fingerprint density at radius 3 is 1.70 bits per heavy atom. The Morgan fingerprint density at radius 2 is 1.13 bits per heavy atom. The van der Waals surface area contributed by atoms with E-state index in [0.717, 1.165) is 58.2 Å². The molecule has 1 aliphatic heterocycles. The van der Waals surface area contributed by atoms with Gasteiger partial charge >= 0.3 is 12.1 Å². The van der Waals surface area contributed by atoms with Crippen LogP contribution < -0.4 is 16.0 Å². The van der Waals surface area contributed by atoms with Crippen molar-refractivity contribution in [2.45, 2.75) is 117 Å². The zero-order valence-electron chi connectivity index (χ0n) is 17.5. The molecule has 0 atom stereocenters. The zero-order chi connectivity index (χ0) is 19.6. The van der Waals surface area contributed by atoms with Crippen LogP contribution in [0.1, 0.15) is 105 Å². The first-order valence-electron chi connectivity index (χ1n) is 11.8. The van der Waals surface area contributed by atoms with Crippen molar-refractivity contribution >= 4 is 12.1 Å². The highest BCUT2D eigenvalue weighted by Gasteiger charge is 2.25. The molecule has 3 fully saturated rings. The summed E-state index contributed by atoms with van der Waals surface area (Å²) in [6.07, 6.45) is 16.6. The number of urea groups is 2. The van der Waals surface area contributed by atoms with Crippen molar-refractivity contribution in [1.82, 2.24) is 20.9 Å². The van der Waals surface area contributed by atoms with Crippen LogP contribution >= 0.6 is 0 Å². The summed E-state index contributed by atoms with van der Waals surface area (Å²) in [4.78, 5) is 26.7. The van der Waals surface area contributed by atoms with E-state index in [-0.39, 0.29) is 26.9 Å². The topological polar surface area (TPSA) is 73.5 Å². The van der Waals surface area contributed by atoms with Crippen molar-refractivity contribution in [1.29, 1.82) is 0 Å². The fourth-order valence-corrected chi connectivity index (χ4v) is 4.93. The molecule has 1 saturated heterocycles. The van der Waals surface area contributed by atoms with Crippen molar-refractivity contribution in [3.05, 3.63) is 0 Å². The first-order chi connectivity index (χ1) is 13.7. The summed E-state index contributed by atoms with van der Waals surface area (Å²) < 4.78 is 0. The van der Waals surface area contributed by atoms with E-state index < -0.39 is 0 Å². The van der Waals surface area contributed by atoms with E-state index in [1.165, 1.54) is 51.4 Å². The molecule has 0 aromatic heterocycles. The Balaban J connectivity index is 0.00000225. The molecule has 0 spiro atoms. The van der Waals surface area contributed by atoms with Crippen LogP contribution in [-0.2, 0) is 0 Å². The van der Waals surface area contributed by atoms with Gasteiger partial charge in [0.2, 0.25) is 0 Å². The summed E-state index contributed by atoms with van der Waals surface area (Å²) in [6, 6.07) is 0.812. The minimum absolute atomic E-state index is 0. The molecule has 0 bridgehead atoms. The molecule has 176 valence electrons. The first-order valence-corrected chi connectivity index (χ1v) is 11.8. The predicted molar refractivity (Wildman–Crippen MR) is 126 cm³/mol. The number of nitrogens with one attached hydrogen (secondary N) is 3. The van der Waals surface area contributed by atoms with E-state index in [1.54, 1.807) is 0 Å². The molecule has 30 heavy (non-hydrogen) atoms. The van der Waals surface area contributed by atoms with Crippen molar-refractivity contribution in [3.63, 3.8) is 0 Å². The maximum Gasteiger partial charge on any atom is 0.317 e. The normalized spacial score (nSPS) is 21.9. The molecule has 3 N–H and O–H groups in total. The molecule has 0 unspecified atom stereocenters. The van der Waals surface area contributed by atoms with Gasteiger partial charge in [-0.2, -0.15) is 0 Å². The second kappa shape index (κ2) is 14.5. The Bertz CT molecular complexity index is 478. The highest BCUT2D eigenvalue weighted by atomic mass is 16.2. The number of hydrogen-bond donors (Lipinski definition) is 3. The highest BCUT2D eigenvalue weighted by molar-refractivity contribution is 5.75. The van der Waals surface area contributed by atoms with E-state index >= 15 is 0 Å². The van der Waals surface area contributed by atoms with Gasteiger partial charge in [-0.15, -0.1) is 0 Å². The van der Waals surface area contributed by atoms with Gasteiger partial charge in [-0.25, -0.2) is 9.59 Å².